The van der Waals surface area contributed by atoms with E-state index in [9.17, 15) is 0 Å². The third kappa shape index (κ3) is 5.88. The molecule has 0 atom stereocenters. The number of unbranched alkanes of at least 4 members (excludes halogenated alkanes) is 1. The molecule has 1 saturated heterocycles. The molecule has 1 heterocycles. The van der Waals surface area contributed by atoms with Gasteiger partial charge in [-0.3, -0.25) is 4.99 Å². The molecular weight excluding hydrogens is 349 g/mol. The van der Waals surface area contributed by atoms with E-state index >= 15 is 0 Å². The van der Waals surface area contributed by atoms with Crippen LogP contribution in [-0.4, -0.2) is 37.5 Å². The molecule has 0 amide bonds. The van der Waals surface area contributed by atoms with E-state index in [1.807, 2.05) is 7.05 Å². The molecule has 4 heteroatoms. The number of rotatable bonds is 5. The first-order valence-corrected chi connectivity index (χ1v) is 7.86. The van der Waals surface area contributed by atoms with Gasteiger partial charge in [0.1, 0.15) is 0 Å². The Hall–Kier alpha value is 0. The van der Waals surface area contributed by atoms with Crippen LogP contribution in [0, 0.1) is 5.92 Å². The van der Waals surface area contributed by atoms with Crippen molar-refractivity contribution in [1.82, 2.24) is 10.2 Å². The van der Waals surface area contributed by atoms with Gasteiger partial charge in [0, 0.05) is 26.7 Å². The predicted molar refractivity (Wildman–Crippen MR) is 93.4 cm³/mol. The summed E-state index contributed by atoms with van der Waals surface area (Å²) >= 11 is 0. The first-order chi connectivity index (χ1) is 8.90. The molecule has 1 aliphatic heterocycles. The van der Waals surface area contributed by atoms with Crippen molar-refractivity contribution in [2.75, 3.05) is 26.7 Å². The van der Waals surface area contributed by atoms with Crippen LogP contribution in [0.1, 0.15) is 57.8 Å². The Kier molecular flexibility index (Phi) is 8.83. The summed E-state index contributed by atoms with van der Waals surface area (Å²) in [7, 11) is 1.90. The van der Waals surface area contributed by atoms with Gasteiger partial charge < -0.3 is 10.2 Å². The Morgan fingerprint density at radius 2 is 1.79 bits per heavy atom. The van der Waals surface area contributed by atoms with Crippen LogP contribution in [0.25, 0.3) is 0 Å². The zero-order valence-electron chi connectivity index (χ0n) is 12.4. The number of guanidine groups is 1. The molecule has 1 saturated carbocycles. The lowest BCUT2D eigenvalue weighted by atomic mass is 10.0. The van der Waals surface area contributed by atoms with E-state index in [2.05, 4.69) is 15.2 Å². The Morgan fingerprint density at radius 3 is 2.42 bits per heavy atom. The average molecular weight is 379 g/mol. The van der Waals surface area contributed by atoms with Crippen LogP contribution in [0.15, 0.2) is 4.99 Å². The number of nitrogens with zero attached hydrogens (tertiary/aromatic N) is 2. The maximum Gasteiger partial charge on any atom is 0.193 e. The van der Waals surface area contributed by atoms with Crippen LogP contribution in [0.2, 0.25) is 0 Å². The first-order valence-electron chi connectivity index (χ1n) is 7.86. The highest BCUT2D eigenvalue weighted by atomic mass is 127. The second-order valence-corrected chi connectivity index (χ2v) is 5.81. The number of aliphatic imine (C=N–C) groups is 1. The lowest BCUT2D eigenvalue weighted by Crippen LogP contribution is -2.39. The summed E-state index contributed by atoms with van der Waals surface area (Å²) in [6, 6.07) is 0. The molecule has 112 valence electrons. The number of hydrogen-bond acceptors (Lipinski definition) is 1. The quantitative estimate of drug-likeness (QED) is 0.342. The van der Waals surface area contributed by atoms with Crippen molar-refractivity contribution in [2.24, 2.45) is 10.9 Å². The van der Waals surface area contributed by atoms with Gasteiger partial charge in [0.05, 0.1) is 0 Å². The average Bonchev–Trinajstić information content (AvgIpc) is 3.06. The van der Waals surface area contributed by atoms with Gasteiger partial charge in [0.15, 0.2) is 5.96 Å². The van der Waals surface area contributed by atoms with E-state index in [0.29, 0.717) is 0 Å². The third-order valence-corrected chi connectivity index (χ3v) is 4.41. The Labute approximate surface area is 135 Å². The molecule has 0 spiro atoms. The van der Waals surface area contributed by atoms with Gasteiger partial charge in [-0.25, -0.2) is 0 Å². The molecule has 0 unspecified atom stereocenters. The van der Waals surface area contributed by atoms with Crippen molar-refractivity contribution >= 4 is 29.9 Å². The highest BCUT2D eigenvalue weighted by molar-refractivity contribution is 14.0. The molecular formula is C15H30IN3. The third-order valence-electron chi connectivity index (χ3n) is 4.41. The minimum absolute atomic E-state index is 0. The fraction of sp³-hybridized carbons (Fsp3) is 0.933. The lowest BCUT2D eigenvalue weighted by Gasteiger charge is -2.20. The maximum absolute atomic E-state index is 4.38. The summed E-state index contributed by atoms with van der Waals surface area (Å²) in [4.78, 5) is 6.76. The van der Waals surface area contributed by atoms with Crippen molar-refractivity contribution in [3.63, 3.8) is 0 Å². The minimum atomic E-state index is 0. The Balaban J connectivity index is 0.00000180. The maximum atomic E-state index is 4.38. The van der Waals surface area contributed by atoms with Gasteiger partial charge in [-0.05, 0) is 25.2 Å². The van der Waals surface area contributed by atoms with Crippen molar-refractivity contribution in [3.8, 4) is 0 Å². The van der Waals surface area contributed by atoms with Crippen molar-refractivity contribution in [3.05, 3.63) is 0 Å². The topological polar surface area (TPSA) is 27.6 Å². The molecule has 0 radical (unpaired) electrons. The summed E-state index contributed by atoms with van der Waals surface area (Å²) in [5, 5.41) is 3.51. The standard InChI is InChI=1S/C15H29N3.HI/c1-16-15(18-12-6-7-13-18)17-11-5-4-10-14-8-2-3-9-14;/h14H,2-13H2,1H3,(H,16,17);1H. The molecule has 2 fully saturated rings. The summed E-state index contributed by atoms with van der Waals surface area (Å²) in [5.74, 6) is 2.16. The lowest BCUT2D eigenvalue weighted by molar-refractivity contribution is 0.463. The number of likely N-dealkylation sites (tertiary alicyclic amines) is 1. The number of hydrogen-bond donors (Lipinski definition) is 1. The summed E-state index contributed by atoms with van der Waals surface area (Å²) in [6.45, 7) is 3.46. The van der Waals surface area contributed by atoms with Crippen LogP contribution >= 0.6 is 24.0 Å². The molecule has 1 N–H and O–H groups in total. The molecule has 2 rings (SSSR count). The van der Waals surface area contributed by atoms with Crippen LogP contribution in [-0.2, 0) is 0 Å². The SMILES string of the molecule is CN=C(NCCCCC1CCCC1)N1CCCC1.I. The predicted octanol–water partition coefficient (Wildman–Crippen LogP) is 3.64. The molecule has 3 nitrogen and oxygen atoms in total. The molecule has 0 aromatic rings. The van der Waals surface area contributed by atoms with E-state index in [1.54, 1.807) is 0 Å². The van der Waals surface area contributed by atoms with Crippen molar-refractivity contribution in [1.29, 1.82) is 0 Å². The largest absolute Gasteiger partial charge is 0.356 e. The molecule has 0 aromatic carbocycles. The van der Waals surface area contributed by atoms with Crippen LogP contribution in [0.3, 0.4) is 0 Å². The number of halogens is 1. The van der Waals surface area contributed by atoms with E-state index in [-0.39, 0.29) is 24.0 Å². The smallest absolute Gasteiger partial charge is 0.193 e. The zero-order chi connectivity index (χ0) is 12.6. The monoisotopic (exact) mass is 379 g/mol. The van der Waals surface area contributed by atoms with Gasteiger partial charge >= 0.3 is 0 Å². The van der Waals surface area contributed by atoms with Crippen molar-refractivity contribution in [2.45, 2.75) is 57.8 Å². The second kappa shape index (κ2) is 9.83. The van der Waals surface area contributed by atoms with Crippen LogP contribution in [0.5, 0.6) is 0 Å². The Morgan fingerprint density at radius 1 is 1.11 bits per heavy atom. The van der Waals surface area contributed by atoms with Crippen molar-refractivity contribution < 1.29 is 0 Å². The highest BCUT2D eigenvalue weighted by Gasteiger charge is 2.16. The van der Waals surface area contributed by atoms with Gasteiger partial charge in [0.2, 0.25) is 0 Å². The van der Waals surface area contributed by atoms with Gasteiger partial charge in [-0.2, -0.15) is 0 Å². The molecule has 0 aromatic heterocycles. The molecule has 0 bridgehead atoms. The summed E-state index contributed by atoms with van der Waals surface area (Å²) in [6.07, 6.45) is 12.7. The van der Waals surface area contributed by atoms with Gasteiger partial charge in [-0.1, -0.05) is 38.5 Å². The van der Waals surface area contributed by atoms with Crippen LogP contribution < -0.4 is 5.32 Å². The first kappa shape index (κ1) is 17.1. The van der Waals surface area contributed by atoms with Gasteiger partial charge in [-0.15, -0.1) is 24.0 Å². The van der Waals surface area contributed by atoms with E-state index in [0.717, 1.165) is 18.4 Å². The molecule has 2 aliphatic rings. The van der Waals surface area contributed by atoms with Gasteiger partial charge in [0.25, 0.3) is 0 Å². The zero-order valence-corrected chi connectivity index (χ0v) is 14.7. The highest BCUT2D eigenvalue weighted by Crippen LogP contribution is 2.28. The minimum Gasteiger partial charge on any atom is -0.356 e. The van der Waals surface area contributed by atoms with Crippen LogP contribution in [0.4, 0.5) is 0 Å². The van der Waals surface area contributed by atoms with E-state index in [4.69, 9.17) is 0 Å². The van der Waals surface area contributed by atoms with E-state index < -0.39 is 0 Å². The normalized spacial score (nSPS) is 20.7. The fourth-order valence-corrected chi connectivity index (χ4v) is 3.32. The molecule has 19 heavy (non-hydrogen) atoms. The second-order valence-electron chi connectivity index (χ2n) is 5.81. The van der Waals surface area contributed by atoms with E-state index in [1.165, 1.54) is 70.9 Å². The molecule has 1 aliphatic carbocycles. The summed E-state index contributed by atoms with van der Waals surface area (Å²) < 4.78 is 0. The fourth-order valence-electron chi connectivity index (χ4n) is 3.32. The summed E-state index contributed by atoms with van der Waals surface area (Å²) in [5.41, 5.74) is 0. The number of nitrogens with one attached hydrogen (secondary N) is 1. The Bertz CT molecular complexity index is 256.